The molecule has 0 spiro atoms. The van der Waals surface area contributed by atoms with Crippen LogP contribution < -0.4 is 10.6 Å². The first-order valence-electron chi connectivity index (χ1n) is 8.43. The molecule has 1 aliphatic rings. The molecular weight excluding hydrogens is 351 g/mol. The van der Waals surface area contributed by atoms with Crippen molar-refractivity contribution < 1.29 is 14.0 Å². The van der Waals surface area contributed by atoms with Gasteiger partial charge >= 0.3 is 0 Å². The van der Waals surface area contributed by atoms with E-state index < -0.39 is 0 Å². The summed E-state index contributed by atoms with van der Waals surface area (Å²) >= 11 is 1.28. The lowest BCUT2D eigenvalue weighted by molar-refractivity contribution is -0.117. The molecule has 1 aliphatic carbocycles. The van der Waals surface area contributed by atoms with Crippen LogP contribution in [0, 0.1) is 18.7 Å². The van der Waals surface area contributed by atoms with Crippen LogP contribution >= 0.6 is 11.3 Å². The van der Waals surface area contributed by atoms with Crippen molar-refractivity contribution in [3.63, 3.8) is 0 Å². The molecular formula is C20H17FN2O2S. The lowest BCUT2D eigenvalue weighted by Gasteiger charge is -2.07. The second kappa shape index (κ2) is 6.53. The van der Waals surface area contributed by atoms with E-state index in [0.717, 1.165) is 17.5 Å². The summed E-state index contributed by atoms with van der Waals surface area (Å²) in [5, 5.41) is 6.19. The third-order valence-electron chi connectivity index (χ3n) is 4.47. The molecule has 1 saturated carbocycles. The highest BCUT2D eigenvalue weighted by Crippen LogP contribution is 2.33. The Bertz CT molecular complexity index is 1010. The SMILES string of the molecule is Cc1c(C(=O)Nc2ccc(NC(=O)C3CC3)cc2)sc2cccc(F)c12. The molecule has 0 bridgehead atoms. The van der Waals surface area contributed by atoms with Gasteiger partial charge in [-0.2, -0.15) is 0 Å². The molecule has 6 heteroatoms. The van der Waals surface area contributed by atoms with Gasteiger partial charge in [-0.25, -0.2) is 4.39 Å². The molecule has 132 valence electrons. The number of thiophene rings is 1. The number of amides is 2. The number of halogens is 1. The van der Waals surface area contributed by atoms with Crippen LogP contribution in [0.15, 0.2) is 42.5 Å². The lowest BCUT2D eigenvalue weighted by atomic mass is 10.1. The fourth-order valence-electron chi connectivity index (χ4n) is 2.88. The summed E-state index contributed by atoms with van der Waals surface area (Å²) in [5.41, 5.74) is 1.98. The van der Waals surface area contributed by atoms with E-state index in [1.807, 2.05) is 6.07 Å². The van der Waals surface area contributed by atoms with Crippen LogP contribution in [0.1, 0.15) is 28.1 Å². The average molecular weight is 368 g/mol. The fourth-order valence-corrected chi connectivity index (χ4v) is 4.00. The molecule has 1 aromatic heterocycles. The second-order valence-electron chi connectivity index (χ2n) is 6.46. The monoisotopic (exact) mass is 368 g/mol. The molecule has 0 atom stereocenters. The van der Waals surface area contributed by atoms with E-state index in [2.05, 4.69) is 10.6 Å². The van der Waals surface area contributed by atoms with E-state index in [-0.39, 0.29) is 23.5 Å². The van der Waals surface area contributed by atoms with Gasteiger partial charge in [0.2, 0.25) is 5.91 Å². The summed E-state index contributed by atoms with van der Waals surface area (Å²) in [7, 11) is 0. The Morgan fingerprint density at radius 2 is 1.69 bits per heavy atom. The molecule has 0 aliphatic heterocycles. The molecule has 0 radical (unpaired) electrons. The number of aryl methyl sites for hydroxylation is 1. The molecule has 2 N–H and O–H groups in total. The number of nitrogens with one attached hydrogen (secondary N) is 2. The second-order valence-corrected chi connectivity index (χ2v) is 7.52. The van der Waals surface area contributed by atoms with Crippen molar-refractivity contribution in [1.82, 2.24) is 0 Å². The number of fused-ring (bicyclic) bond motifs is 1. The van der Waals surface area contributed by atoms with Crippen molar-refractivity contribution in [3.8, 4) is 0 Å². The maximum atomic E-state index is 14.0. The normalized spacial score (nSPS) is 13.6. The van der Waals surface area contributed by atoms with Crippen molar-refractivity contribution >= 4 is 44.6 Å². The first kappa shape index (κ1) is 16.7. The Balaban J connectivity index is 1.50. The smallest absolute Gasteiger partial charge is 0.266 e. The minimum Gasteiger partial charge on any atom is -0.326 e. The largest absolute Gasteiger partial charge is 0.326 e. The number of hydrogen-bond acceptors (Lipinski definition) is 3. The third-order valence-corrected chi connectivity index (χ3v) is 5.72. The molecule has 0 unspecified atom stereocenters. The first-order valence-corrected chi connectivity index (χ1v) is 9.24. The Morgan fingerprint density at radius 1 is 1.04 bits per heavy atom. The summed E-state index contributed by atoms with van der Waals surface area (Å²) in [6.45, 7) is 1.76. The van der Waals surface area contributed by atoms with Gasteiger partial charge in [-0.05, 0) is 61.7 Å². The first-order chi connectivity index (χ1) is 12.5. The van der Waals surface area contributed by atoms with Crippen LogP contribution in [-0.4, -0.2) is 11.8 Å². The summed E-state index contributed by atoms with van der Waals surface area (Å²) in [6.07, 6.45) is 1.91. The zero-order chi connectivity index (χ0) is 18.3. The summed E-state index contributed by atoms with van der Waals surface area (Å²) in [6, 6.07) is 11.8. The van der Waals surface area contributed by atoms with E-state index >= 15 is 0 Å². The molecule has 2 aromatic carbocycles. The van der Waals surface area contributed by atoms with Gasteiger partial charge in [-0.3, -0.25) is 9.59 Å². The minimum absolute atomic E-state index is 0.0460. The Hall–Kier alpha value is -2.73. The van der Waals surface area contributed by atoms with Gasteiger partial charge in [0.05, 0.1) is 4.88 Å². The van der Waals surface area contributed by atoms with Gasteiger partial charge in [0.15, 0.2) is 0 Å². The summed E-state index contributed by atoms with van der Waals surface area (Å²) in [4.78, 5) is 24.8. The van der Waals surface area contributed by atoms with E-state index in [1.165, 1.54) is 17.4 Å². The highest BCUT2D eigenvalue weighted by Gasteiger charge is 2.29. The van der Waals surface area contributed by atoms with Crippen LogP contribution in [0.2, 0.25) is 0 Å². The number of benzene rings is 2. The van der Waals surface area contributed by atoms with Gasteiger partial charge in [-0.1, -0.05) is 6.07 Å². The van der Waals surface area contributed by atoms with Crippen LogP contribution in [0.25, 0.3) is 10.1 Å². The average Bonchev–Trinajstić information content (AvgIpc) is 3.41. The summed E-state index contributed by atoms with van der Waals surface area (Å²) < 4.78 is 14.8. The van der Waals surface area contributed by atoms with E-state index in [1.54, 1.807) is 37.3 Å². The van der Waals surface area contributed by atoms with Gasteiger partial charge < -0.3 is 10.6 Å². The maximum Gasteiger partial charge on any atom is 0.266 e. The number of rotatable bonds is 4. The van der Waals surface area contributed by atoms with Crippen molar-refractivity contribution in [1.29, 1.82) is 0 Å². The Labute approximate surface area is 154 Å². The molecule has 0 saturated heterocycles. The minimum atomic E-state index is -0.314. The van der Waals surface area contributed by atoms with E-state index in [4.69, 9.17) is 0 Å². The van der Waals surface area contributed by atoms with Crippen molar-refractivity contribution in [2.45, 2.75) is 19.8 Å². The van der Waals surface area contributed by atoms with Gasteiger partial charge in [0.25, 0.3) is 5.91 Å². The highest BCUT2D eigenvalue weighted by atomic mass is 32.1. The predicted octanol–water partition coefficient (Wildman–Crippen LogP) is 4.95. The van der Waals surface area contributed by atoms with E-state index in [9.17, 15) is 14.0 Å². The number of carbonyl (C=O) groups excluding carboxylic acids is 2. The summed E-state index contributed by atoms with van der Waals surface area (Å²) in [5.74, 6) is -0.389. The molecule has 1 fully saturated rings. The lowest BCUT2D eigenvalue weighted by Crippen LogP contribution is -2.14. The highest BCUT2D eigenvalue weighted by molar-refractivity contribution is 7.21. The number of hydrogen-bond donors (Lipinski definition) is 2. The fraction of sp³-hybridized carbons (Fsp3) is 0.200. The van der Waals surface area contributed by atoms with Crippen molar-refractivity contribution in [3.05, 3.63) is 58.7 Å². The number of anilines is 2. The van der Waals surface area contributed by atoms with Crippen molar-refractivity contribution in [2.75, 3.05) is 10.6 Å². The Kier molecular flexibility index (Phi) is 4.20. The zero-order valence-electron chi connectivity index (χ0n) is 14.1. The predicted molar refractivity (Wildman–Crippen MR) is 102 cm³/mol. The third kappa shape index (κ3) is 3.20. The van der Waals surface area contributed by atoms with Crippen molar-refractivity contribution in [2.24, 2.45) is 5.92 Å². The standard InChI is InChI=1S/C20H17FN2O2S/c1-11-17-15(21)3-2-4-16(17)26-18(11)20(25)23-14-9-7-13(8-10-14)22-19(24)12-5-6-12/h2-4,7-10,12H,5-6H2,1H3,(H,22,24)(H,23,25). The molecule has 4 rings (SSSR count). The maximum absolute atomic E-state index is 14.0. The molecule has 1 heterocycles. The van der Waals surface area contributed by atoms with Gasteiger partial charge in [-0.15, -0.1) is 11.3 Å². The van der Waals surface area contributed by atoms with Gasteiger partial charge in [0, 0.05) is 27.4 Å². The van der Waals surface area contributed by atoms with Crippen LogP contribution in [0.3, 0.4) is 0 Å². The Morgan fingerprint density at radius 3 is 2.31 bits per heavy atom. The quantitative estimate of drug-likeness (QED) is 0.684. The number of carbonyl (C=O) groups is 2. The molecule has 2 amide bonds. The van der Waals surface area contributed by atoms with Crippen LogP contribution in [-0.2, 0) is 4.79 Å². The van der Waals surface area contributed by atoms with Crippen LogP contribution in [0.5, 0.6) is 0 Å². The molecule has 3 aromatic rings. The van der Waals surface area contributed by atoms with Crippen LogP contribution in [0.4, 0.5) is 15.8 Å². The van der Waals surface area contributed by atoms with Gasteiger partial charge in [0.1, 0.15) is 5.82 Å². The molecule has 4 nitrogen and oxygen atoms in total. The van der Waals surface area contributed by atoms with E-state index in [0.29, 0.717) is 27.2 Å². The topological polar surface area (TPSA) is 58.2 Å². The molecule has 26 heavy (non-hydrogen) atoms. The zero-order valence-corrected chi connectivity index (χ0v) is 15.0.